The van der Waals surface area contributed by atoms with Crippen LogP contribution in [-0.4, -0.2) is 26.1 Å². The van der Waals surface area contributed by atoms with Crippen molar-refractivity contribution in [2.45, 2.75) is 25.8 Å². The monoisotopic (exact) mass is 449 g/mol. The van der Waals surface area contributed by atoms with Crippen LogP contribution in [0, 0.1) is 5.92 Å². The zero-order valence-corrected chi connectivity index (χ0v) is 18.7. The summed E-state index contributed by atoms with van der Waals surface area (Å²) in [6.07, 6.45) is 7.72. The number of fused-ring (bicyclic) bond motifs is 1. The van der Waals surface area contributed by atoms with Crippen LogP contribution in [0.1, 0.15) is 31.4 Å². The molecular formula is C24H24ClN5O2. The highest BCUT2D eigenvalue weighted by molar-refractivity contribution is 6.32. The third kappa shape index (κ3) is 4.21. The van der Waals surface area contributed by atoms with Crippen molar-refractivity contribution in [3.63, 3.8) is 0 Å². The molecule has 0 amide bonds. The fourth-order valence-corrected chi connectivity index (χ4v) is 3.98. The van der Waals surface area contributed by atoms with Crippen LogP contribution in [0.2, 0.25) is 5.02 Å². The summed E-state index contributed by atoms with van der Waals surface area (Å²) >= 11 is 6.44. The average molecular weight is 450 g/mol. The number of hydrogen-bond acceptors (Lipinski definition) is 5. The van der Waals surface area contributed by atoms with E-state index in [-0.39, 0.29) is 11.6 Å². The van der Waals surface area contributed by atoms with Gasteiger partial charge in [-0.25, -0.2) is 9.97 Å². The van der Waals surface area contributed by atoms with E-state index in [9.17, 15) is 4.79 Å². The number of pyridine rings is 2. The largest absolute Gasteiger partial charge is 0.492 e. The molecule has 0 saturated heterocycles. The zero-order valence-electron chi connectivity index (χ0n) is 17.9. The minimum atomic E-state index is -0.262. The highest BCUT2D eigenvalue weighted by Gasteiger charge is 2.22. The topological polar surface area (TPSA) is 84.8 Å². The Morgan fingerprint density at radius 3 is 2.91 bits per heavy atom. The molecular weight excluding hydrogens is 426 g/mol. The minimum absolute atomic E-state index is 0.157. The molecule has 0 spiro atoms. The number of benzene rings is 1. The molecule has 1 aromatic carbocycles. The van der Waals surface area contributed by atoms with Crippen molar-refractivity contribution in [2.75, 3.05) is 11.9 Å². The first-order valence-corrected chi connectivity index (χ1v) is 11.0. The van der Waals surface area contributed by atoms with Crippen LogP contribution in [0.25, 0.3) is 22.2 Å². The number of nitrogens with one attached hydrogen (secondary N) is 2. The maximum absolute atomic E-state index is 12.8. The Hall–Kier alpha value is -3.32. The number of anilines is 1. The van der Waals surface area contributed by atoms with E-state index >= 15 is 0 Å². The predicted octanol–water partition coefficient (Wildman–Crippen LogP) is 4.94. The van der Waals surface area contributed by atoms with Crippen molar-refractivity contribution < 1.29 is 4.74 Å². The molecule has 1 aliphatic rings. The lowest BCUT2D eigenvalue weighted by Gasteiger charge is -2.16. The lowest BCUT2D eigenvalue weighted by atomic mass is 10.1. The molecule has 2 N–H and O–H groups in total. The van der Waals surface area contributed by atoms with E-state index in [0.717, 1.165) is 16.6 Å². The SMILES string of the molecule is C[C@H](Nc1cc(-c2cncn2C)ccn1)c1cc2cc(Cl)c(OCC3CC3)cc2[nH]c1=O. The molecule has 1 saturated carbocycles. The van der Waals surface area contributed by atoms with Crippen molar-refractivity contribution in [2.24, 2.45) is 13.0 Å². The van der Waals surface area contributed by atoms with Gasteiger partial charge in [-0.2, -0.15) is 0 Å². The molecule has 1 aliphatic carbocycles. The van der Waals surface area contributed by atoms with E-state index < -0.39 is 0 Å². The van der Waals surface area contributed by atoms with Gasteiger partial charge in [0.2, 0.25) is 0 Å². The minimum Gasteiger partial charge on any atom is -0.492 e. The third-order valence-corrected chi connectivity index (χ3v) is 6.10. The second-order valence-electron chi connectivity index (χ2n) is 8.36. The second-order valence-corrected chi connectivity index (χ2v) is 8.77. The molecule has 0 bridgehead atoms. The van der Waals surface area contributed by atoms with Gasteiger partial charge in [-0.05, 0) is 49.9 Å². The molecule has 164 valence electrons. The fraction of sp³-hybridized carbons (Fsp3) is 0.292. The first-order valence-electron chi connectivity index (χ1n) is 10.7. The number of aryl methyl sites for hydroxylation is 1. The Morgan fingerprint density at radius 2 is 2.16 bits per heavy atom. The van der Waals surface area contributed by atoms with Gasteiger partial charge >= 0.3 is 0 Å². The van der Waals surface area contributed by atoms with Gasteiger partial charge in [0.25, 0.3) is 5.56 Å². The smallest absolute Gasteiger partial charge is 0.253 e. The van der Waals surface area contributed by atoms with E-state index in [2.05, 4.69) is 20.3 Å². The van der Waals surface area contributed by atoms with Crippen LogP contribution < -0.4 is 15.6 Å². The zero-order chi connectivity index (χ0) is 22.2. The Kier molecular flexibility index (Phi) is 5.35. The molecule has 1 atom stereocenters. The first kappa shape index (κ1) is 20.6. The molecule has 4 aromatic rings. The first-order chi connectivity index (χ1) is 15.5. The van der Waals surface area contributed by atoms with Crippen molar-refractivity contribution in [3.05, 3.63) is 70.0 Å². The molecule has 3 aromatic heterocycles. The normalized spacial score (nSPS) is 14.5. The van der Waals surface area contributed by atoms with E-state index in [1.807, 2.05) is 55.1 Å². The number of imidazole rings is 1. The Labute approximate surface area is 190 Å². The molecule has 32 heavy (non-hydrogen) atoms. The Morgan fingerprint density at radius 1 is 1.31 bits per heavy atom. The number of rotatable bonds is 7. The summed E-state index contributed by atoms with van der Waals surface area (Å²) in [5, 5.41) is 4.73. The van der Waals surface area contributed by atoms with E-state index in [1.54, 1.807) is 12.5 Å². The molecule has 0 aliphatic heterocycles. The van der Waals surface area contributed by atoms with E-state index in [4.69, 9.17) is 16.3 Å². The fourth-order valence-electron chi connectivity index (χ4n) is 3.75. The molecule has 8 heteroatoms. The summed E-state index contributed by atoms with van der Waals surface area (Å²) in [7, 11) is 1.95. The number of ether oxygens (including phenoxy) is 1. The van der Waals surface area contributed by atoms with Crippen molar-refractivity contribution >= 4 is 28.3 Å². The highest BCUT2D eigenvalue weighted by Crippen LogP contribution is 2.34. The summed E-state index contributed by atoms with van der Waals surface area (Å²) in [6.45, 7) is 2.60. The lowest BCUT2D eigenvalue weighted by Crippen LogP contribution is -2.19. The maximum atomic E-state index is 12.8. The van der Waals surface area contributed by atoms with Gasteiger partial charge in [-0.15, -0.1) is 0 Å². The van der Waals surface area contributed by atoms with Crippen LogP contribution in [0.4, 0.5) is 5.82 Å². The van der Waals surface area contributed by atoms with Crippen LogP contribution in [0.3, 0.4) is 0 Å². The van der Waals surface area contributed by atoms with Gasteiger partial charge in [0, 0.05) is 35.8 Å². The standard InChI is InChI=1S/C24H24ClN5O2/c1-14(28-23-9-16(5-6-27-23)21-11-26-13-30(21)2)18-7-17-8-19(25)22(32-12-15-3-4-15)10-20(17)29-24(18)31/h5-11,13-15H,3-4,12H2,1-2H3,(H,27,28)(H,29,31)/t14-/m0/s1. The molecule has 5 rings (SSSR count). The van der Waals surface area contributed by atoms with Crippen molar-refractivity contribution in [1.29, 1.82) is 0 Å². The Bertz CT molecular complexity index is 1340. The van der Waals surface area contributed by atoms with Crippen molar-refractivity contribution in [3.8, 4) is 17.0 Å². The second kappa shape index (κ2) is 8.31. The average Bonchev–Trinajstić information content (AvgIpc) is 3.50. The lowest BCUT2D eigenvalue weighted by molar-refractivity contribution is 0.300. The summed E-state index contributed by atoms with van der Waals surface area (Å²) in [5.41, 5.74) is 3.13. The summed E-state index contributed by atoms with van der Waals surface area (Å²) in [6, 6.07) is 9.13. The molecule has 0 radical (unpaired) electrons. The van der Waals surface area contributed by atoms with Crippen LogP contribution in [0.5, 0.6) is 5.75 Å². The quantitative estimate of drug-likeness (QED) is 0.417. The van der Waals surface area contributed by atoms with Crippen LogP contribution >= 0.6 is 11.6 Å². The number of aromatic nitrogens is 4. The summed E-state index contributed by atoms with van der Waals surface area (Å²) < 4.78 is 7.78. The van der Waals surface area contributed by atoms with Crippen LogP contribution in [-0.2, 0) is 7.05 Å². The maximum Gasteiger partial charge on any atom is 0.253 e. The number of nitrogens with zero attached hydrogens (tertiary/aromatic N) is 3. The molecule has 7 nitrogen and oxygen atoms in total. The van der Waals surface area contributed by atoms with Crippen molar-refractivity contribution in [1.82, 2.24) is 19.5 Å². The van der Waals surface area contributed by atoms with E-state index in [0.29, 0.717) is 40.2 Å². The third-order valence-electron chi connectivity index (χ3n) is 5.80. The van der Waals surface area contributed by atoms with E-state index in [1.165, 1.54) is 12.8 Å². The van der Waals surface area contributed by atoms with Gasteiger partial charge in [-0.3, -0.25) is 4.79 Å². The number of H-pyrrole nitrogens is 1. The molecule has 1 fully saturated rings. The molecule has 0 unspecified atom stereocenters. The van der Waals surface area contributed by atoms with Gasteiger partial charge in [-0.1, -0.05) is 11.6 Å². The number of halogens is 1. The van der Waals surface area contributed by atoms with Gasteiger partial charge in [0.15, 0.2) is 0 Å². The highest BCUT2D eigenvalue weighted by atomic mass is 35.5. The Balaban J connectivity index is 1.40. The van der Waals surface area contributed by atoms with Gasteiger partial charge < -0.3 is 19.6 Å². The molecule has 3 heterocycles. The summed E-state index contributed by atoms with van der Waals surface area (Å²) in [5.74, 6) is 1.91. The van der Waals surface area contributed by atoms with Gasteiger partial charge in [0.1, 0.15) is 11.6 Å². The summed E-state index contributed by atoms with van der Waals surface area (Å²) in [4.78, 5) is 24.4. The van der Waals surface area contributed by atoms with Gasteiger partial charge in [0.05, 0.1) is 41.4 Å². The number of hydrogen-bond donors (Lipinski definition) is 2. The predicted molar refractivity (Wildman–Crippen MR) is 126 cm³/mol. The van der Waals surface area contributed by atoms with Crippen LogP contribution in [0.15, 0.2) is 53.8 Å². The number of aromatic amines is 1.